The van der Waals surface area contributed by atoms with E-state index >= 15 is 0 Å². The van der Waals surface area contributed by atoms with Gasteiger partial charge in [0.05, 0.1) is 18.9 Å². The summed E-state index contributed by atoms with van der Waals surface area (Å²) in [4.78, 5) is 44.6. The Bertz CT molecular complexity index is 1530. The first kappa shape index (κ1) is 23.1. The molecule has 0 radical (unpaired) electrons. The molecule has 3 heterocycles. The molecule has 35 heavy (non-hydrogen) atoms. The number of amides is 1. The van der Waals surface area contributed by atoms with Gasteiger partial charge >= 0.3 is 5.69 Å². The van der Waals surface area contributed by atoms with Crippen LogP contribution in [0.1, 0.15) is 30.5 Å². The van der Waals surface area contributed by atoms with Crippen molar-refractivity contribution in [2.45, 2.75) is 43.9 Å². The summed E-state index contributed by atoms with van der Waals surface area (Å²) in [5, 5.41) is 2.90. The Hall–Kier alpha value is -3.66. The molecule has 180 valence electrons. The molecule has 0 bridgehead atoms. The van der Waals surface area contributed by atoms with Crippen LogP contribution in [0.15, 0.2) is 69.3 Å². The van der Waals surface area contributed by atoms with Gasteiger partial charge in [-0.05, 0) is 30.5 Å². The zero-order valence-corrected chi connectivity index (χ0v) is 19.9. The minimum Gasteiger partial charge on any atom is -0.348 e. The Labute approximate surface area is 204 Å². The van der Waals surface area contributed by atoms with Crippen molar-refractivity contribution >= 4 is 28.8 Å². The number of aromatic nitrogens is 4. The maximum Gasteiger partial charge on any atom is 0.333 e. The van der Waals surface area contributed by atoms with E-state index in [1.807, 2.05) is 37.3 Å². The standard InChI is InChI=1S/C25H24FN5O3S/c1-2-29-15-27-23-21(29)24(33)31(25(34)30(23)13-16-7-4-3-5-8-16)14-20(32)28-19-11-12-35-22-17(19)9-6-10-18(22)26/h3-10,15,19H,2,11-14H2,1H3,(H,28,32)/t19-/m1/s1. The molecule has 0 spiro atoms. The number of aryl methyl sites for hydroxylation is 1. The number of nitrogens with zero attached hydrogens (tertiary/aromatic N) is 4. The molecule has 8 nitrogen and oxygen atoms in total. The maximum absolute atomic E-state index is 14.2. The van der Waals surface area contributed by atoms with Crippen LogP contribution < -0.4 is 16.6 Å². The fourth-order valence-corrected chi connectivity index (χ4v) is 5.59. The van der Waals surface area contributed by atoms with Gasteiger partial charge in [-0.25, -0.2) is 18.7 Å². The van der Waals surface area contributed by atoms with E-state index in [1.54, 1.807) is 16.7 Å². The van der Waals surface area contributed by atoms with Crippen LogP contribution in [0.25, 0.3) is 11.2 Å². The number of fused-ring (bicyclic) bond motifs is 2. The summed E-state index contributed by atoms with van der Waals surface area (Å²) in [5.74, 6) is -0.140. The van der Waals surface area contributed by atoms with Crippen LogP contribution in [0.4, 0.5) is 4.39 Å². The van der Waals surface area contributed by atoms with Gasteiger partial charge in [0.2, 0.25) is 5.91 Å². The van der Waals surface area contributed by atoms with E-state index in [2.05, 4.69) is 10.3 Å². The fraction of sp³-hybridized carbons (Fsp3) is 0.280. The average Bonchev–Trinajstić information content (AvgIpc) is 3.30. The zero-order valence-electron chi connectivity index (χ0n) is 19.1. The monoisotopic (exact) mass is 493 g/mol. The first-order chi connectivity index (χ1) is 17.0. The predicted octanol–water partition coefficient (Wildman–Crippen LogP) is 2.92. The molecule has 1 atom stereocenters. The van der Waals surface area contributed by atoms with E-state index in [-0.39, 0.29) is 29.6 Å². The van der Waals surface area contributed by atoms with E-state index in [0.29, 0.717) is 29.2 Å². The lowest BCUT2D eigenvalue weighted by molar-refractivity contribution is -0.122. The second-order valence-corrected chi connectivity index (χ2v) is 9.47. The highest BCUT2D eigenvalue weighted by Gasteiger charge is 2.26. The van der Waals surface area contributed by atoms with Crippen LogP contribution in [0.3, 0.4) is 0 Å². The SMILES string of the molecule is CCn1cnc2c1c(=O)n(CC(=O)N[C@@H]1CCSc3c(F)cccc31)c(=O)n2Cc1ccccc1. The van der Waals surface area contributed by atoms with Crippen LogP contribution >= 0.6 is 11.8 Å². The normalized spacial score (nSPS) is 15.2. The number of carbonyl (C=O) groups is 1. The van der Waals surface area contributed by atoms with Crippen molar-refractivity contribution in [1.82, 2.24) is 24.0 Å². The van der Waals surface area contributed by atoms with Crippen molar-refractivity contribution in [3.05, 3.63) is 92.6 Å². The van der Waals surface area contributed by atoms with Gasteiger partial charge in [0.1, 0.15) is 12.4 Å². The molecular formula is C25H24FN5O3S. The third kappa shape index (κ3) is 4.29. The topological polar surface area (TPSA) is 90.9 Å². The number of hydrogen-bond acceptors (Lipinski definition) is 5. The van der Waals surface area contributed by atoms with Crippen molar-refractivity contribution in [1.29, 1.82) is 0 Å². The number of hydrogen-bond donors (Lipinski definition) is 1. The summed E-state index contributed by atoms with van der Waals surface area (Å²) in [5.41, 5.74) is 0.981. The zero-order chi connectivity index (χ0) is 24.5. The molecule has 0 aliphatic carbocycles. The largest absolute Gasteiger partial charge is 0.348 e. The number of benzene rings is 2. The molecular weight excluding hydrogens is 469 g/mol. The molecule has 0 fully saturated rings. The Balaban J connectivity index is 1.51. The first-order valence-corrected chi connectivity index (χ1v) is 12.4. The van der Waals surface area contributed by atoms with Gasteiger partial charge in [-0.1, -0.05) is 42.5 Å². The second kappa shape index (κ2) is 9.53. The molecule has 5 rings (SSSR count). The Morgan fingerprint density at radius 2 is 1.94 bits per heavy atom. The highest BCUT2D eigenvalue weighted by atomic mass is 32.2. The van der Waals surface area contributed by atoms with Gasteiger partial charge in [0, 0.05) is 17.2 Å². The summed E-state index contributed by atoms with van der Waals surface area (Å²) in [6, 6.07) is 13.8. The van der Waals surface area contributed by atoms with Crippen molar-refractivity contribution in [2.24, 2.45) is 0 Å². The van der Waals surface area contributed by atoms with Crippen molar-refractivity contribution in [3.8, 4) is 0 Å². The van der Waals surface area contributed by atoms with E-state index in [9.17, 15) is 18.8 Å². The van der Waals surface area contributed by atoms with E-state index in [1.165, 1.54) is 28.7 Å². The van der Waals surface area contributed by atoms with Crippen LogP contribution in [0.2, 0.25) is 0 Å². The molecule has 2 aromatic heterocycles. The number of rotatable bonds is 6. The Kier molecular flexibility index (Phi) is 6.29. The molecule has 0 saturated heterocycles. The van der Waals surface area contributed by atoms with Crippen molar-refractivity contribution in [3.63, 3.8) is 0 Å². The van der Waals surface area contributed by atoms with Gasteiger partial charge in [-0.15, -0.1) is 11.8 Å². The third-order valence-electron chi connectivity index (χ3n) is 6.17. The number of imidazole rings is 1. The third-order valence-corrected chi connectivity index (χ3v) is 7.33. The van der Waals surface area contributed by atoms with E-state index in [0.717, 1.165) is 10.1 Å². The van der Waals surface area contributed by atoms with E-state index < -0.39 is 23.7 Å². The summed E-state index contributed by atoms with van der Waals surface area (Å²) >= 11 is 1.42. The highest BCUT2D eigenvalue weighted by Crippen LogP contribution is 2.37. The second-order valence-electron chi connectivity index (χ2n) is 8.36. The fourth-order valence-electron chi connectivity index (χ4n) is 4.45. The number of nitrogens with one attached hydrogen (secondary N) is 1. The molecule has 0 unspecified atom stereocenters. The average molecular weight is 494 g/mol. The van der Waals surface area contributed by atoms with Crippen LogP contribution in [-0.4, -0.2) is 30.3 Å². The van der Waals surface area contributed by atoms with Crippen molar-refractivity contribution in [2.75, 3.05) is 5.75 Å². The molecule has 1 N–H and O–H groups in total. The lowest BCUT2D eigenvalue weighted by Gasteiger charge is -2.26. The minimum atomic E-state index is -0.603. The molecule has 2 aromatic carbocycles. The van der Waals surface area contributed by atoms with Crippen LogP contribution in [0.5, 0.6) is 0 Å². The first-order valence-electron chi connectivity index (χ1n) is 11.4. The quantitative estimate of drug-likeness (QED) is 0.446. The summed E-state index contributed by atoms with van der Waals surface area (Å²) in [7, 11) is 0. The van der Waals surface area contributed by atoms with Crippen molar-refractivity contribution < 1.29 is 9.18 Å². The summed E-state index contributed by atoms with van der Waals surface area (Å²) < 4.78 is 18.3. The maximum atomic E-state index is 14.2. The van der Waals surface area contributed by atoms with Crippen LogP contribution in [-0.2, 0) is 24.4 Å². The highest BCUT2D eigenvalue weighted by molar-refractivity contribution is 7.99. The molecule has 1 amide bonds. The smallest absolute Gasteiger partial charge is 0.333 e. The number of halogens is 1. The predicted molar refractivity (Wildman–Crippen MR) is 132 cm³/mol. The summed E-state index contributed by atoms with van der Waals surface area (Å²) in [6.45, 7) is 2.14. The molecule has 10 heteroatoms. The van der Waals surface area contributed by atoms with Gasteiger partial charge in [0.15, 0.2) is 11.2 Å². The van der Waals surface area contributed by atoms with Crippen LogP contribution in [0, 0.1) is 5.82 Å². The molecule has 0 saturated carbocycles. The minimum absolute atomic E-state index is 0.214. The van der Waals surface area contributed by atoms with Gasteiger partial charge in [-0.2, -0.15) is 0 Å². The lowest BCUT2D eigenvalue weighted by atomic mass is 10.0. The molecule has 4 aromatic rings. The number of carbonyl (C=O) groups excluding carboxylic acids is 1. The van der Waals surface area contributed by atoms with Gasteiger partial charge in [0.25, 0.3) is 5.56 Å². The lowest BCUT2D eigenvalue weighted by Crippen LogP contribution is -2.45. The Morgan fingerprint density at radius 3 is 2.71 bits per heavy atom. The van der Waals surface area contributed by atoms with E-state index in [4.69, 9.17) is 0 Å². The van der Waals surface area contributed by atoms with Gasteiger partial charge in [-0.3, -0.25) is 14.2 Å². The number of thioether (sulfide) groups is 1. The summed E-state index contributed by atoms with van der Waals surface area (Å²) in [6.07, 6.45) is 2.16. The molecule has 1 aliphatic heterocycles. The molecule has 1 aliphatic rings. The van der Waals surface area contributed by atoms with Gasteiger partial charge < -0.3 is 9.88 Å². The Morgan fingerprint density at radius 1 is 1.14 bits per heavy atom.